The average molecular weight is 305 g/mol. The summed E-state index contributed by atoms with van der Waals surface area (Å²) in [5.41, 5.74) is -0.989. The first-order chi connectivity index (χ1) is 8.06. The number of hydrogen-bond acceptors (Lipinski definition) is 4. The van der Waals surface area contributed by atoms with Gasteiger partial charge in [0.1, 0.15) is 11.6 Å². The summed E-state index contributed by atoms with van der Waals surface area (Å²) in [6.45, 7) is 0. The van der Waals surface area contributed by atoms with Gasteiger partial charge in [0, 0.05) is 11.5 Å². The SMILES string of the molecule is COC(=O)c1c(CBr)ncc(C(F)F)c1C#N. The minimum absolute atomic E-state index is 0.162. The third-order valence-corrected chi connectivity index (χ3v) is 2.58. The molecular weight excluding hydrogens is 298 g/mol. The van der Waals surface area contributed by atoms with Crippen molar-refractivity contribution in [1.29, 1.82) is 5.26 Å². The van der Waals surface area contributed by atoms with Gasteiger partial charge in [0.05, 0.1) is 23.9 Å². The van der Waals surface area contributed by atoms with E-state index in [1.54, 1.807) is 6.07 Å². The predicted molar refractivity (Wildman–Crippen MR) is 57.9 cm³/mol. The van der Waals surface area contributed by atoms with Crippen LogP contribution in [0.2, 0.25) is 0 Å². The van der Waals surface area contributed by atoms with Crippen LogP contribution in [0, 0.1) is 11.3 Å². The Morgan fingerprint density at radius 2 is 2.35 bits per heavy atom. The first-order valence-corrected chi connectivity index (χ1v) is 5.53. The average Bonchev–Trinajstić information content (AvgIpc) is 2.35. The van der Waals surface area contributed by atoms with Gasteiger partial charge < -0.3 is 4.74 Å². The molecule has 0 N–H and O–H groups in total. The molecule has 0 aliphatic heterocycles. The molecule has 1 heterocycles. The molecule has 4 nitrogen and oxygen atoms in total. The maximum absolute atomic E-state index is 12.6. The van der Waals surface area contributed by atoms with Gasteiger partial charge >= 0.3 is 5.97 Å². The minimum Gasteiger partial charge on any atom is -0.465 e. The van der Waals surface area contributed by atoms with Crippen LogP contribution in [0.1, 0.15) is 33.6 Å². The standard InChI is InChI=1S/C10H7BrF2N2O2/c1-17-10(16)8-5(3-14)6(9(12)13)4-15-7(8)2-11/h4,9H,2H2,1H3. The lowest BCUT2D eigenvalue weighted by molar-refractivity contribution is 0.0598. The Morgan fingerprint density at radius 1 is 1.71 bits per heavy atom. The van der Waals surface area contributed by atoms with Crippen LogP contribution in [0.3, 0.4) is 0 Å². The molecule has 0 amide bonds. The Kier molecular flexibility index (Phi) is 4.52. The number of carbonyl (C=O) groups excluding carboxylic acids is 1. The zero-order valence-corrected chi connectivity index (χ0v) is 10.3. The van der Waals surface area contributed by atoms with Crippen molar-refractivity contribution in [3.05, 3.63) is 28.6 Å². The Labute approximate surface area is 104 Å². The zero-order chi connectivity index (χ0) is 13.0. The van der Waals surface area contributed by atoms with Crippen molar-refractivity contribution in [2.45, 2.75) is 11.8 Å². The highest BCUT2D eigenvalue weighted by Crippen LogP contribution is 2.27. The molecule has 0 atom stereocenters. The monoisotopic (exact) mass is 304 g/mol. The van der Waals surface area contributed by atoms with Crippen LogP contribution < -0.4 is 0 Å². The second kappa shape index (κ2) is 5.68. The molecule has 0 saturated carbocycles. The van der Waals surface area contributed by atoms with Crippen LogP contribution in [0.5, 0.6) is 0 Å². The van der Waals surface area contributed by atoms with Gasteiger partial charge in [-0.05, 0) is 0 Å². The molecule has 0 unspecified atom stereocenters. The van der Waals surface area contributed by atoms with E-state index in [0.717, 1.165) is 13.3 Å². The van der Waals surface area contributed by atoms with Crippen molar-refractivity contribution in [1.82, 2.24) is 4.98 Å². The Balaban J connectivity index is 3.56. The van der Waals surface area contributed by atoms with Crippen LogP contribution in [-0.4, -0.2) is 18.1 Å². The van der Waals surface area contributed by atoms with Gasteiger partial charge in [-0.15, -0.1) is 0 Å². The summed E-state index contributed by atoms with van der Waals surface area (Å²) in [6.07, 6.45) is -1.98. The van der Waals surface area contributed by atoms with Crippen LogP contribution in [0.4, 0.5) is 8.78 Å². The van der Waals surface area contributed by atoms with Crippen molar-refractivity contribution in [2.24, 2.45) is 0 Å². The molecule has 17 heavy (non-hydrogen) atoms. The van der Waals surface area contributed by atoms with E-state index in [0.29, 0.717) is 0 Å². The third-order valence-electron chi connectivity index (χ3n) is 2.05. The summed E-state index contributed by atoms with van der Waals surface area (Å²) in [6, 6.07) is 1.59. The van der Waals surface area contributed by atoms with Gasteiger partial charge in [0.25, 0.3) is 6.43 Å². The van der Waals surface area contributed by atoms with Crippen molar-refractivity contribution < 1.29 is 18.3 Å². The summed E-state index contributed by atoms with van der Waals surface area (Å²) in [7, 11) is 1.11. The van der Waals surface area contributed by atoms with Crippen LogP contribution in [0.15, 0.2) is 6.20 Å². The van der Waals surface area contributed by atoms with Crippen molar-refractivity contribution >= 4 is 21.9 Å². The van der Waals surface area contributed by atoms with Crippen LogP contribution in [0.25, 0.3) is 0 Å². The highest BCUT2D eigenvalue weighted by atomic mass is 79.9. The zero-order valence-electron chi connectivity index (χ0n) is 8.71. The van der Waals surface area contributed by atoms with E-state index in [1.807, 2.05) is 0 Å². The number of rotatable bonds is 3. The third kappa shape index (κ3) is 2.58. The molecule has 0 fully saturated rings. The normalized spacial score (nSPS) is 10.1. The molecule has 0 aromatic carbocycles. The molecule has 90 valence electrons. The van der Waals surface area contributed by atoms with E-state index >= 15 is 0 Å². The fourth-order valence-corrected chi connectivity index (χ4v) is 1.70. The van der Waals surface area contributed by atoms with E-state index in [4.69, 9.17) is 5.26 Å². The van der Waals surface area contributed by atoms with Gasteiger partial charge in [0.2, 0.25) is 0 Å². The molecule has 1 rings (SSSR count). The highest BCUT2D eigenvalue weighted by Gasteiger charge is 2.24. The minimum atomic E-state index is -2.87. The summed E-state index contributed by atoms with van der Waals surface area (Å²) in [5, 5.41) is 9.04. The second-order valence-corrected chi connectivity index (χ2v) is 3.51. The Hall–Kier alpha value is -1.55. The van der Waals surface area contributed by atoms with E-state index < -0.39 is 23.5 Å². The van der Waals surface area contributed by atoms with E-state index in [2.05, 4.69) is 25.7 Å². The number of carbonyl (C=O) groups is 1. The highest BCUT2D eigenvalue weighted by molar-refractivity contribution is 9.08. The van der Waals surface area contributed by atoms with Gasteiger partial charge in [-0.3, -0.25) is 4.98 Å². The smallest absolute Gasteiger partial charge is 0.341 e. The molecule has 7 heteroatoms. The van der Waals surface area contributed by atoms with E-state index in [1.165, 1.54) is 0 Å². The number of nitriles is 1. The number of pyridine rings is 1. The first-order valence-electron chi connectivity index (χ1n) is 4.41. The fourth-order valence-electron chi connectivity index (χ4n) is 1.27. The lowest BCUT2D eigenvalue weighted by Crippen LogP contribution is -2.12. The van der Waals surface area contributed by atoms with Crippen molar-refractivity contribution in [3.8, 4) is 6.07 Å². The fraction of sp³-hybridized carbons (Fsp3) is 0.300. The number of methoxy groups -OCH3 is 1. The molecular formula is C10H7BrF2N2O2. The van der Waals surface area contributed by atoms with Gasteiger partial charge in [0.15, 0.2) is 0 Å². The molecule has 1 aromatic heterocycles. The summed E-state index contributed by atoms with van der Waals surface area (Å²) in [5.74, 6) is -0.856. The van der Waals surface area contributed by atoms with Gasteiger partial charge in [-0.1, -0.05) is 15.9 Å². The molecule has 0 bridgehead atoms. The lowest BCUT2D eigenvalue weighted by Gasteiger charge is -2.10. The molecule has 0 saturated heterocycles. The maximum atomic E-state index is 12.6. The largest absolute Gasteiger partial charge is 0.465 e. The summed E-state index contributed by atoms with van der Waals surface area (Å²) < 4.78 is 29.7. The Bertz CT molecular complexity index is 486. The first kappa shape index (κ1) is 13.5. The van der Waals surface area contributed by atoms with Crippen molar-refractivity contribution in [2.75, 3.05) is 7.11 Å². The quantitative estimate of drug-likeness (QED) is 0.636. The molecule has 0 aliphatic rings. The lowest BCUT2D eigenvalue weighted by atomic mass is 10.0. The van der Waals surface area contributed by atoms with Gasteiger partial charge in [-0.2, -0.15) is 5.26 Å². The number of hydrogen-bond donors (Lipinski definition) is 0. The summed E-state index contributed by atoms with van der Waals surface area (Å²) >= 11 is 3.06. The van der Waals surface area contributed by atoms with Gasteiger partial charge in [-0.25, -0.2) is 13.6 Å². The van der Waals surface area contributed by atoms with E-state index in [9.17, 15) is 13.6 Å². The molecule has 0 aliphatic carbocycles. The predicted octanol–water partition coefficient (Wildman–Crippen LogP) is 2.57. The molecule has 0 radical (unpaired) electrons. The van der Waals surface area contributed by atoms with E-state index in [-0.39, 0.29) is 16.6 Å². The number of esters is 1. The van der Waals surface area contributed by atoms with Crippen molar-refractivity contribution in [3.63, 3.8) is 0 Å². The number of nitrogens with zero attached hydrogens (tertiary/aromatic N) is 2. The Morgan fingerprint density at radius 3 is 2.76 bits per heavy atom. The number of alkyl halides is 3. The number of halogens is 3. The summed E-state index contributed by atoms with van der Waals surface area (Å²) in [4.78, 5) is 15.2. The van der Waals surface area contributed by atoms with Crippen LogP contribution in [-0.2, 0) is 10.1 Å². The number of ether oxygens (including phenoxy) is 1. The second-order valence-electron chi connectivity index (χ2n) is 2.95. The molecule has 1 aromatic rings. The maximum Gasteiger partial charge on any atom is 0.341 e. The molecule has 0 spiro atoms. The number of aromatic nitrogens is 1. The topological polar surface area (TPSA) is 63.0 Å². The van der Waals surface area contributed by atoms with Crippen LogP contribution >= 0.6 is 15.9 Å².